The molecule has 204 valence electrons. The van der Waals surface area contributed by atoms with Crippen LogP contribution >= 0.6 is 23.2 Å². The molecule has 3 aromatic rings. The SMILES string of the molecule is O=C(C1=C(c2ccc(OCCOc3c(F)ccc(F)c3Cl)cc2)CCNC1)N(Cc1ccccc1Cl)C1CC1. The van der Waals surface area contributed by atoms with E-state index in [2.05, 4.69) is 5.32 Å². The number of hydrogen-bond acceptors (Lipinski definition) is 4. The van der Waals surface area contributed by atoms with Gasteiger partial charge in [0.25, 0.3) is 5.91 Å². The van der Waals surface area contributed by atoms with Crippen molar-refractivity contribution in [3.8, 4) is 11.5 Å². The molecule has 0 radical (unpaired) electrons. The smallest absolute Gasteiger partial charge is 0.251 e. The molecule has 0 saturated heterocycles. The van der Waals surface area contributed by atoms with Gasteiger partial charge in [0.1, 0.15) is 29.8 Å². The van der Waals surface area contributed by atoms with E-state index in [1.807, 2.05) is 53.4 Å². The zero-order valence-corrected chi connectivity index (χ0v) is 22.7. The van der Waals surface area contributed by atoms with Gasteiger partial charge in [0.2, 0.25) is 0 Å². The molecule has 5 nitrogen and oxygen atoms in total. The van der Waals surface area contributed by atoms with E-state index in [1.54, 1.807) is 0 Å². The summed E-state index contributed by atoms with van der Waals surface area (Å²) in [7, 11) is 0. The van der Waals surface area contributed by atoms with E-state index in [1.165, 1.54) is 0 Å². The van der Waals surface area contributed by atoms with Gasteiger partial charge in [0, 0.05) is 29.7 Å². The maximum atomic E-state index is 13.9. The van der Waals surface area contributed by atoms with E-state index in [9.17, 15) is 13.6 Å². The average Bonchev–Trinajstić information content (AvgIpc) is 3.80. The molecule has 0 bridgehead atoms. The quantitative estimate of drug-likeness (QED) is 0.218. The molecule has 5 rings (SSSR count). The van der Waals surface area contributed by atoms with Crippen LogP contribution in [-0.2, 0) is 11.3 Å². The van der Waals surface area contributed by atoms with Crippen molar-refractivity contribution < 1.29 is 23.0 Å². The molecule has 1 N–H and O–H groups in total. The third-order valence-corrected chi connectivity index (χ3v) is 7.55. The molecule has 1 aliphatic carbocycles. The molecule has 2 aliphatic rings. The Morgan fingerprint density at radius 1 is 0.949 bits per heavy atom. The van der Waals surface area contributed by atoms with Crippen molar-refractivity contribution in [3.05, 3.63) is 99.0 Å². The van der Waals surface area contributed by atoms with Gasteiger partial charge in [-0.25, -0.2) is 8.78 Å². The summed E-state index contributed by atoms with van der Waals surface area (Å²) in [4.78, 5) is 15.7. The highest BCUT2D eigenvalue weighted by Crippen LogP contribution is 2.34. The Bertz CT molecular complexity index is 1380. The summed E-state index contributed by atoms with van der Waals surface area (Å²) < 4.78 is 38.4. The van der Waals surface area contributed by atoms with Gasteiger partial charge in [-0.05, 0) is 72.8 Å². The van der Waals surface area contributed by atoms with E-state index in [4.69, 9.17) is 32.7 Å². The molecule has 1 aliphatic heterocycles. The summed E-state index contributed by atoms with van der Waals surface area (Å²) in [6, 6.07) is 17.3. The third-order valence-electron chi connectivity index (χ3n) is 6.83. The van der Waals surface area contributed by atoms with Crippen LogP contribution in [0.1, 0.15) is 30.4 Å². The van der Waals surface area contributed by atoms with Crippen LogP contribution in [0.2, 0.25) is 10.0 Å². The molecule has 0 spiro atoms. The number of halogens is 4. The Balaban J connectivity index is 1.26. The standard InChI is InChI=1S/C30H28Cl2F2N2O3/c31-25-4-2-1-3-20(25)18-36(21-7-8-21)30(37)24-17-35-14-13-23(24)19-5-9-22(10-6-19)38-15-16-39-29-27(34)12-11-26(33)28(29)32/h1-6,9-12,21,35H,7-8,13-18H2. The molecular weight excluding hydrogens is 545 g/mol. The Kier molecular flexibility index (Phi) is 8.70. The summed E-state index contributed by atoms with van der Waals surface area (Å²) in [5, 5.41) is 3.61. The monoisotopic (exact) mass is 572 g/mol. The third kappa shape index (κ3) is 6.55. The largest absolute Gasteiger partial charge is 0.490 e. The summed E-state index contributed by atoms with van der Waals surface area (Å²) in [5.74, 6) is -1.19. The summed E-state index contributed by atoms with van der Waals surface area (Å²) in [5.41, 5.74) is 3.70. The molecule has 1 fully saturated rings. The van der Waals surface area contributed by atoms with Gasteiger partial charge in [0.15, 0.2) is 11.6 Å². The first-order chi connectivity index (χ1) is 18.9. The minimum absolute atomic E-state index is 0.0141. The van der Waals surface area contributed by atoms with Crippen molar-refractivity contribution in [3.63, 3.8) is 0 Å². The predicted octanol–water partition coefficient (Wildman–Crippen LogP) is 6.67. The van der Waals surface area contributed by atoms with Crippen LogP contribution < -0.4 is 14.8 Å². The van der Waals surface area contributed by atoms with Gasteiger partial charge >= 0.3 is 0 Å². The minimum atomic E-state index is -0.751. The lowest BCUT2D eigenvalue weighted by atomic mass is 9.93. The fraction of sp³-hybridized carbons (Fsp3) is 0.300. The zero-order chi connectivity index (χ0) is 27.4. The van der Waals surface area contributed by atoms with E-state index in [-0.39, 0.29) is 30.9 Å². The first-order valence-electron chi connectivity index (χ1n) is 12.9. The van der Waals surface area contributed by atoms with Gasteiger partial charge in [0.05, 0.1) is 0 Å². The van der Waals surface area contributed by atoms with Gasteiger partial charge in [-0.2, -0.15) is 0 Å². The molecule has 3 aromatic carbocycles. The second kappa shape index (κ2) is 12.4. The number of nitrogens with zero attached hydrogens (tertiary/aromatic N) is 1. The van der Waals surface area contributed by atoms with Gasteiger partial charge in [-0.1, -0.05) is 53.5 Å². The lowest BCUT2D eigenvalue weighted by molar-refractivity contribution is -0.128. The van der Waals surface area contributed by atoms with Crippen molar-refractivity contribution in [2.45, 2.75) is 31.8 Å². The molecule has 39 heavy (non-hydrogen) atoms. The van der Waals surface area contributed by atoms with Crippen LogP contribution in [0, 0.1) is 11.6 Å². The summed E-state index contributed by atoms with van der Waals surface area (Å²) in [6.07, 6.45) is 2.74. The number of carbonyl (C=O) groups is 1. The van der Waals surface area contributed by atoms with Crippen LogP contribution in [0.15, 0.2) is 66.2 Å². The highest BCUT2D eigenvalue weighted by molar-refractivity contribution is 6.32. The van der Waals surface area contributed by atoms with E-state index in [0.29, 0.717) is 23.9 Å². The lowest BCUT2D eigenvalue weighted by Gasteiger charge is -2.28. The molecular formula is C30H28Cl2F2N2O3. The number of ether oxygens (including phenoxy) is 2. The van der Waals surface area contributed by atoms with Crippen molar-refractivity contribution in [2.75, 3.05) is 26.3 Å². The number of rotatable bonds is 10. The van der Waals surface area contributed by atoms with Crippen molar-refractivity contribution >= 4 is 34.7 Å². The van der Waals surface area contributed by atoms with E-state index < -0.39 is 16.7 Å². The van der Waals surface area contributed by atoms with Gasteiger partial charge in [-0.15, -0.1) is 0 Å². The lowest BCUT2D eigenvalue weighted by Crippen LogP contribution is -2.39. The zero-order valence-electron chi connectivity index (χ0n) is 21.2. The highest BCUT2D eigenvalue weighted by Gasteiger charge is 2.35. The van der Waals surface area contributed by atoms with Crippen LogP contribution in [0.5, 0.6) is 11.5 Å². The maximum absolute atomic E-state index is 13.9. The van der Waals surface area contributed by atoms with Crippen molar-refractivity contribution in [1.29, 1.82) is 0 Å². The van der Waals surface area contributed by atoms with E-state index in [0.717, 1.165) is 60.2 Å². The Morgan fingerprint density at radius 2 is 1.67 bits per heavy atom. The molecule has 9 heteroatoms. The first-order valence-corrected chi connectivity index (χ1v) is 13.6. The summed E-state index contributed by atoms with van der Waals surface area (Å²) >= 11 is 12.2. The molecule has 1 saturated carbocycles. The number of amides is 1. The van der Waals surface area contributed by atoms with Gasteiger partial charge in [-0.3, -0.25) is 4.79 Å². The Morgan fingerprint density at radius 3 is 2.41 bits per heavy atom. The Labute approximate surface area is 236 Å². The van der Waals surface area contributed by atoms with E-state index >= 15 is 0 Å². The fourth-order valence-corrected chi connectivity index (χ4v) is 5.04. The minimum Gasteiger partial charge on any atom is -0.490 e. The topological polar surface area (TPSA) is 50.8 Å². The number of carbonyl (C=O) groups excluding carboxylic acids is 1. The predicted molar refractivity (Wildman–Crippen MR) is 148 cm³/mol. The van der Waals surface area contributed by atoms with Crippen LogP contribution in [0.4, 0.5) is 8.78 Å². The van der Waals surface area contributed by atoms with Crippen molar-refractivity contribution in [2.24, 2.45) is 0 Å². The molecule has 1 heterocycles. The maximum Gasteiger partial charge on any atom is 0.251 e. The van der Waals surface area contributed by atoms with Crippen molar-refractivity contribution in [1.82, 2.24) is 10.2 Å². The normalized spacial score (nSPS) is 15.3. The molecule has 0 aromatic heterocycles. The van der Waals surface area contributed by atoms with Crippen LogP contribution in [-0.4, -0.2) is 43.2 Å². The van der Waals surface area contributed by atoms with Crippen LogP contribution in [0.25, 0.3) is 5.57 Å². The first kappa shape index (κ1) is 27.4. The highest BCUT2D eigenvalue weighted by atomic mass is 35.5. The molecule has 0 unspecified atom stereocenters. The number of nitrogens with one attached hydrogen (secondary N) is 1. The molecule has 0 atom stereocenters. The fourth-order valence-electron chi connectivity index (χ4n) is 4.64. The second-order valence-electron chi connectivity index (χ2n) is 9.53. The number of benzene rings is 3. The molecule has 1 amide bonds. The Hall–Kier alpha value is -3.13. The second-order valence-corrected chi connectivity index (χ2v) is 10.3. The van der Waals surface area contributed by atoms with Crippen LogP contribution in [0.3, 0.4) is 0 Å². The number of hydrogen-bond donors (Lipinski definition) is 1. The average molecular weight is 573 g/mol. The summed E-state index contributed by atoms with van der Waals surface area (Å²) in [6.45, 7) is 1.88. The van der Waals surface area contributed by atoms with Gasteiger partial charge < -0.3 is 19.7 Å².